The number of carbonyl (C=O) groups excluding carboxylic acids is 1. The number of rotatable bonds is 5. The van der Waals surface area contributed by atoms with Crippen molar-refractivity contribution >= 4 is 15.9 Å². The summed E-state index contributed by atoms with van der Waals surface area (Å²) < 4.78 is 26.1. The minimum absolute atomic E-state index is 0.0157. The van der Waals surface area contributed by atoms with Gasteiger partial charge in [0.25, 0.3) is 0 Å². The second kappa shape index (κ2) is 6.36. The number of sulfonamides is 1. The zero-order valence-corrected chi connectivity index (χ0v) is 12.3. The summed E-state index contributed by atoms with van der Waals surface area (Å²) in [6.07, 6.45) is 6.87. The SMILES string of the molecule is CS(=O)(=O)NCCC(=O)N1CCC[C@@H](n2cccn2)C1. The Labute approximate surface area is 119 Å². The number of piperidine rings is 1. The first-order chi connectivity index (χ1) is 9.46. The van der Waals surface area contributed by atoms with Crippen LogP contribution in [0.5, 0.6) is 0 Å². The standard InChI is InChI=1S/C12H20N4O3S/c1-20(18,19)14-7-5-12(17)15-8-2-4-11(10-15)16-9-3-6-13-16/h3,6,9,11,14H,2,4-5,7-8,10H2,1H3/t11-/m1/s1. The maximum absolute atomic E-state index is 12.1. The first-order valence-corrected chi connectivity index (χ1v) is 8.56. The minimum Gasteiger partial charge on any atom is -0.341 e. The molecule has 1 N–H and O–H groups in total. The molecular formula is C12H20N4O3S. The largest absolute Gasteiger partial charge is 0.341 e. The van der Waals surface area contributed by atoms with Crippen molar-refractivity contribution in [3.05, 3.63) is 18.5 Å². The Morgan fingerprint density at radius 1 is 1.50 bits per heavy atom. The summed E-state index contributed by atoms with van der Waals surface area (Å²) >= 11 is 0. The quantitative estimate of drug-likeness (QED) is 0.828. The molecule has 0 bridgehead atoms. The van der Waals surface area contributed by atoms with E-state index >= 15 is 0 Å². The van der Waals surface area contributed by atoms with Crippen molar-refractivity contribution in [3.8, 4) is 0 Å². The molecule has 0 radical (unpaired) electrons. The van der Waals surface area contributed by atoms with Crippen molar-refractivity contribution < 1.29 is 13.2 Å². The predicted octanol–water partition coefficient (Wildman–Crippen LogP) is -0.0141. The highest BCUT2D eigenvalue weighted by Gasteiger charge is 2.24. The molecule has 2 heterocycles. The van der Waals surface area contributed by atoms with Crippen LogP contribution in [0, 0.1) is 0 Å². The molecule has 1 aromatic heterocycles. The van der Waals surface area contributed by atoms with E-state index in [0.29, 0.717) is 6.54 Å². The summed E-state index contributed by atoms with van der Waals surface area (Å²) in [6, 6.07) is 2.09. The summed E-state index contributed by atoms with van der Waals surface area (Å²) in [5, 5.41) is 4.22. The third-order valence-corrected chi connectivity index (χ3v) is 4.08. The number of amides is 1. The fourth-order valence-electron chi connectivity index (χ4n) is 2.40. The van der Waals surface area contributed by atoms with Crippen LogP contribution >= 0.6 is 0 Å². The highest BCUT2D eigenvalue weighted by Crippen LogP contribution is 2.20. The minimum atomic E-state index is -3.23. The maximum atomic E-state index is 12.1. The number of nitrogens with zero attached hydrogens (tertiary/aromatic N) is 3. The number of nitrogens with one attached hydrogen (secondary N) is 1. The Bertz CT molecular complexity index is 541. The number of hydrogen-bond acceptors (Lipinski definition) is 4. The second-order valence-corrected chi connectivity index (χ2v) is 6.87. The third kappa shape index (κ3) is 4.31. The van der Waals surface area contributed by atoms with Gasteiger partial charge in [-0.1, -0.05) is 0 Å². The van der Waals surface area contributed by atoms with E-state index in [1.54, 1.807) is 11.1 Å². The van der Waals surface area contributed by atoms with E-state index in [0.717, 1.165) is 25.6 Å². The molecule has 1 fully saturated rings. The van der Waals surface area contributed by atoms with Gasteiger partial charge in [-0.3, -0.25) is 9.48 Å². The van der Waals surface area contributed by atoms with Crippen LogP contribution in [0.25, 0.3) is 0 Å². The molecule has 0 aliphatic carbocycles. The molecule has 8 heteroatoms. The van der Waals surface area contributed by atoms with E-state index in [-0.39, 0.29) is 24.9 Å². The van der Waals surface area contributed by atoms with Crippen LogP contribution in [0.1, 0.15) is 25.3 Å². The normalized spacial score (nSPS) is 20.1. The average molecular weight is 300 g/mol. The van der Waals surface area contributed by atoms with Crippen molar-refractivity contribution in [2.24, 2.45) is 0 Å². The predicted molar refractivity (Wildman–Crippen MR) is 74.5 cm³/mol. The smallest absolute Gasteiger partial charge is 0.223 e. The number of likely N-dealkylation sites (tertiary alicyclic amines) is 1. The Kier molecular flexibility index (Phi) is 4.77. The molecular weight excluding hydrogens is 280 g/mol. The molecule has 0 saturated carbocycles. The van der Waals surface area contributed by atoms with Crippen LogP contribution in [0.3, 0.4) is 0 Å². The monoisotopic (exact) mass is 300 g/mol. The van der Waals surface area contributed by atoms with Crippen molar-refractivity contribution in [3.63, 3.8) is 0 Å². The van der Waals surface area contributed by atoms with Gasteiger partial charge in [0, 0.05) is 38.4 Å². The van der Waals surface area contributed by atoms with Crippen LogP contribution in [0.4, 0.5) is 0 Å². The molecule has 1 saturated heterocycles. The zero-order valence-electron chi connectivity index (χ0n) is 11.5. The molecule has 1 atom stereocenters. The summed E-state index contributed by atoms with van der Waals surface area (Å²) in [5.41, 5.74) is 0. The first kappa shape index (κ1) is 15.0. The molecule has 1 amide bonds. The lowest BCUT2D eigenvalue weighted by Gasteiger charge is -2.33. The number of aromatic nitrogens is 2. The molecule has 0 aromatic carbocycles. The molecule has 0 unspecified atom stereocenters. The van der Waals surface area contributed by atoms with E-state index in [9.17, 15) is 13.2 Å². The van der Waals surface area contributed by atoms with Crippen LogP contribution in [0.2, 0.25) is 0 Å². The van der Waals surface area contributed by atoms with Gasteiger partial charge in [-0.05, 0) is 18.9 Å². The van der Waals surface area contributed by atoms with Gasteiger partial charge >= 0.3 is 0 Å². The average Bonchev–Trinajstić information content (AvgIpc) is 2.91. The summed E-state index contributed by atoms with van der Waals surface area (Å²) in [6.45, 7) is 1.52. The fourth-order valence-corrected chi connectivity index (χ4v) is 2.87. The van der Waals surface area contributed by atoms with Crippen molar-refractivity contribution in [1.29, 1.82) is 0 Å². The third-order valence-electron chi connectivity index (χ3n) is 3.35. The molecule has 20 heavy (non-hydrogen) atoms. The Morgan fingerprint density at radius 3 is 2.95 bits per heavy atom. The molecule has 1 aliphatic rings. The van der Waals surface area contributed by atoms with Crippen LogP contribution in [-0.2, 0) is 14.8 Å². The van der Waals surface area contributed by atoms with E-state index in [2.05, 4.69) is 9.82 Å². The molecule has 1 aliphatic heterocycles. The van der Waals surface area contributed by atoms with Gasteiger partial charge in [0.15, 0.2) is 0 Å². The van der Waals surface area contributed by atoms with Crippen molar-refractivity contribution in [2.75, 3.05) is 25.9 Å². The van der Waals surface area contributed by atoms with E-state index in [1.165, 1.54) is 0 Å². The lowest BCUT2D eigenvalue weighted by Crippen LogP contribution is -2.42. The van der Waals surface area contributed by atoms with E-state index in [4.69, 9.17) is 0 Å². The zero-order chi connectivity index (χ0) is 14.6. The van der Waals surface area contributed by atoms with Gasteiger partial charge in [-0.2, -0.15) is 5.10 Å². The number of hydrogen-bond donors (Lipinski definition) is 1. The highest BCUT2D eigenvalue weighted by molar-refractivity contribution is 7.88. The summed E-state index contributed by atoms with van der Waals surface area (Å²) in [7, 11) is -3.23. The maximum Gasteiger partial charge on any atom is 0.223 e. The van der Waals surface area contributed by atoms with E-state index in [1.807, 2.05) is 16.9 Å². The van der Waals surface area contributed by atoms with Gasteiger partial charge in [0.1, 0.15) is 0 Å². The van der Waals surface area contributed by atoms with Gasteiger partial charge < -0.3 is 4.90 Å². The van der Waals surface area contributed by atoms with E-state index < -0.39 is 10.0 Å². The fraction of sp³-hybridized carbons (Fsp3) is 0.667. The molecule has 7 nitrogen and oxygen atoms in total. The summed E-state index contributed by atoms with van der Waals surface area (Å²) in [5.74, 6) is -0.0157. The Hall–Kier alpha value is -1.41. The molecule has 112 valence electrons. The van der Waals surface area contributed by atoms with Crippen molar-refractivity contribution in [2.45, 2.75) is 25.3 Å². The van der Waals surface area contributed by atoms with Crippen molar-refractivity contribution in [1.82, 2.24) is 19.4 Å². The summed E-state index contributed by atoms with van der Waals surface area (Å²) in [4.78, 5) is 13.9. The topological polar surface area (TPSA) is 84.3 Å². The van der Waals surface area contributed by atoms with Crippen LogP contribution in [-0.4, -0.2) is 54.9 Å². The van der Waals surface area contributed by atoms with Crippen LogP contribution in [0.15, 0.2) is 18.5 Å². The van der Waals surface area contributed by atoms with Gasteiger partial charge in [0.2, 0.25) is 15.9 Å². The Morgan fingerprint density at radius 2 is 2.30 bits per heavy atom. The highest BCUT2D eigenvalue weighted by atomic mass is 32.2. The lowest BCUT2D eigenvalue weighted by atomic mass is 10.1. The second-order valence-electron chi connectivity index (χ2n) is 5.04. The first-order valence-electron chi connectivity index (χ1n) is 6.67. The molecule has 2 rings (SSSR count). The number of carbonyl (C=O) groups is 1. The molecule has 0 spiro atoms. The molecule has 1 aromatic rings. The Balaban J connectivity index is 1.84. The van der Waals surface area contributed by atoms with Gasteiger partial charge in [-0.15, -0.1) is 0 Å². The van der Waals surface area contributed by atoms with Gasteiger partial charge in [0.05, 0.1) is 12.3 Å². The van der Waals surface area contributed by atoms with Gasteiger partial charge in [-0.25, -0.2) is 13.1 Å². The lowest BCUT2D eigenvalue weighted by molar-refractivity contribution is -0.132. The van der Waals surface area contributed by atoms with Crippen LogP contribution < -0.4 is 4.72 Å².